The summed E-state index contributed by atoms with van der Waals surface area (Å²) in [6.45, 7) is -0.495. The van der Waals surface area contributed by atoms with Gasteiger partial charge in [0.25, 0.3) is 5.91 Å². The fourth-order valence-electron chi connectivity index (χ4n) is 3.56. The molecule has 0 aliphatic rings. The number of nitrogens with one attached hydrogen (secondary N) is 2. The molecule has 10 nitrogen and oxygen atoms in total. The number of aromatic nitrogens is 3. The number of rotatable bonds is 8. The molecule has 0 spiro atoms. The first-order valence-corrected chi connectivity index (χ1v) is 10.3. The normalized spacial score (nSPS) is 11.6. The number of benzene rings is 2. The molecule has 0 radical (unpaired) electrons. The molecule has 0 bridgehead atoms. The summed E-state index contributed by atoms with van der Waals surface area (Å²) in [6.07, 6.45) is 3.08. The highest BCUT2D eigenvalue weighted by Crippen LogP contribution is 2.29. The van der Waals surface area contributed by atoms with Crippen LogP contribution in [-0.4, -0.2) is 49.3 Å². The number of pyridine rings is 1. The van der Waals surface area contributed by atoms with Crippen LogP contribution >= 0.6 is 0 Å². The van der Waals surface area contributed by atoms with Crippen LogP contribution in [0.25, 0.3) is 16.8 Å². The van der Waals surface area contributed by atoms with Crippen molar-refractivity contribution in [3.8, 4) is 17.2 Å². The minimum absolute atomic E-state index is 0.0822. The van der Waals surface area contributed by atoms with Crippen LogP contribution in [0.5, 0.6) is 0 Å². The number of carboxylic acid groups (broad SMARTS) is 1. The van der Waals surface area contributed by atoms with Gasteiger partial charge in [0.15, 0.2) is 5.65 Å². The highest BCUT2D eigenvalue weighted by molar-refractivity contribution is 6.09. The third-order valence-corrected chi connectivity index (χ3v) is 5.24. The highest BCUT2D eigenvalue weighted by Gasteiger charge is 2.19. The minimum atomic E-state index is -1.19. The van der Waals surface area contributed by atoms with Crippen molar-refractivity contribution in [2.75, 3.05) is 11.9 Å². The predicted octanol–water partition coefficient (Wildman–Crippen LogP) is 2.06. The van der Waals surface area contributed by atoms with Gasteiger partial charge in [0.05, 0.1) is 23.4 Å². The topological polar surface area (TPSA) is 153 Å². The molecule has 1 atom stereocenters. The van der Waals surface area contributed by atoms with Crippen LogP contribution in [0.2, 0.25) is 0 Å². The number of carboxylic acids is 1. The number of carbonyl (C=O) groups excluding carboxylic acids is 1. The summed E-state index contributed by atoms with van der Waals surface area (Å²) < 4.78 is 1.55. The number of amides is 1. The molecule has 1 amide bonds. The largest absolute Gasteiger partial charge is 0.480 e. The van der Waals surface area contributed by atoms with Crippen molar-refractivity contribution in [2.45, 2.75) is 12.6 Å². The average Bonchev–Trinajstić information content (AvgIpc) is 3.32. The molecule has 0 unspecified atom stereocenters. The standard InChI is InChI=1S/C24H20N6O4/c25-10-19-17(16-5-2-1-3-6-16)7-4-8-20(19)28-23(32)18-9-15(11-26-21(13-31)24(33)34)12-30-14-27-29-22(18)30/h1-9,12,14,21,26,31H,11,13H2,(H,28,32)(H,33,34)/t21-/m1/s1. The lowest BCUT2D eigenvalue weighted by molar-refractivity contribution is -0.140. The van der Waals surface area contributed by atoms with Crippen LogP contribution in [0.4, 0.5) is 5.69 Å². The zero-order valence-electron chi connectivity index (χ0n) is 17.8. The molecule has 34 heavy (non-hydrogen) atoms. The lowest BCUT2D eigenvalue weighted by atomic mass is 9.99. The van der Waals surface area contributed by atoms with Gasteiger partial charge in [-0.05, 0) is 23.3 Å². The number of hydrogen-bond acceptors (Lipinski definition) is 7. The molecule has 0 fully saturated rings. The Bertz CT molecular complexity index is 1390. The van der Waals surface area contributed by atoms with E-state index < -0.39 is 24.5 Å². The lowest BCUT2D eigenvalue weighted by Gasteiger charge is -2.14. The van der Waals surface area contributed by atoms with Gasteiger partial charge >= 0.3 is 5.97 Å². The van der Waals surface area contributed by atoms with E-state index in [4.69, 9.17) is 5.11 Å². The Morgan fingerprint density at radius 1 is 1.15 bits per heavy atom. The van der Waals surface area contributed by atoms with Crippen molar-refractivity contribution < 1.29 is 19.8 Å². The number of nitrogens with zero attached hydrogens (tertiary/aromatic N) is 4. The number of fused-ring (bicyclic) bond motifs is 1. The summed E-state index contributed by atoms with van der Waals surface area (Å²) in [7, 11) is 0. The molecule has 2 aromatic heterocycles. The first kappa shape index (κ1) is 22.6. The first-order valence-electron chi connectivity index (χ1n) is 10.3. The summed E-state index contributed by atoms with van der Waals surface area (Å²) in [5.41, 5.74) is 3.29. The molecule has 0 aliphatic heterocycles. The van der Waals surface area contributed by atoms with E-state index in [0.717, 1.165) is 5.56 Å². The van der Waals surface area contributed by atoms with E-state index in [-0.39, 0.29) is 12.1 Å². The van der Waals surface area contributed by atoms with Gasteiger partial charge in [-0.2, -0.15) is 5.26 Å². The monoisotopic (exact) mass is 456 g/mol. The van der Waals surface area contributed by atoms with Gasteiger partial charge in [-0.15, -0.1) is 10.2 Å². The first-order chi connectivity index (χ1) is 16.5. The summed E-state index contributed by atoms with van der Waals surface area (Å²) in [6, 6.07) is 17.2. The second kappa shape index (κ2) is 9.91. The molecule has 0 saturated heterocycles. The number of aliphatic hydroxyl groups is 1. The maximum absolute atomic E-state index is 13.2. The molecule has 2 aromatic carbocycles. The number of aliphatic hydroxyl groups excluding tert-OH is 1. The average molecular weight is 456 g/mol. The van der Waals surface area contributed by atoms with E-state index in [9.17, 15) is 20.0 Å². The fraction of sp³-hybridized carbons (Fsp3) is 0.125. The summed E-state index contributed by atoms with van der Waals surface area (Å²) in [4.78, 5) is 24.4. The van der Waals surface area contributed by atoms with Crippen molar-refractivity contribution in [1.29, 1.82) is 5.26 Å². The Hall–Kier alpha value is -4.59. The van der Waals surface area contributed by atoms with Gasteiger partial charge in [-0.1, -0.05) is 42.5 Å². The quantitative estimate of drug-likeness (QED) is 0.314. The summed E-state index contributed by atoms with van der Waals surface area (Å²) >= 11 is 0. The molecular weight excluding hydrogens is 436 g/mol. The van der Waals surface area contributed by atoms with Crippen LogP contribution in [-0.2, 0) is 11.3 Å². The molecule has 4 aromatic rings. The Morgan fingerprint density at radius 2 is 1.94 bits per heavy atom. The molecule has 2 heterocycles. The number of hydrogen-bond donors (Lipinski definition) is 4. The van der Waals surface area contributed by atoms with E-state index in [1.165, 1.54) is 6.33 Å². The second-order valence-corrected chi connectivity index (χ2v) is 7.44. The summed E-state index contributed by atoms with van der Waals surface area (Å²) in [5.74, 6) is -1.69. The molecule has 170 valence electrons. The van der Waals surface area contributed by atoms with Crippen LogP contribution < -0.4 is 10.6 Å². The van der Waals surface area contributed by atoms with Crippen LogP contribution in [0, 0.1) is 11.3 Å². The number of nitriles is 1. The molecule has 0 aliphatic carbocycles. The van der Waals surface area contributed by atoms with Crippen molar-refractivity contribution >= 4 is 23.2 Å². The third kappa shape index (κ3) is 4.61. The SMILES string of the molecule is N#Cc1c(NC(=O)c2cc(CN[C@H](CO)C(=O)O)cn3cnnc23)cccc1-c1ccccc1. The van der Waals surface area contributed by atoms with Gasteiger partial charge in [0, 0.05) is 18.3 Å². The van der Waals surface area contributed by atoms with E-state index >= 15 is 0 Å². The minimum Gasteiger partial charge on any atom is -0.480 e. The maximum atomic E-state index is 13.2. The van der Waals surface area contributed by atoms with Gasteiger partial charge in [0.2, 0.25) is 0 Å². The Balaban J connectivity index is 1.66. The Kier molecular flexibility index (Phi) is 6.59. The van der Waals surface area contributed by atoms with Gasteiger partial charge in [-0.25, -0.2) is 0 Å². The zero-order chi connectivity index (χ0) is 24.1. The van der Waals surface area contributed by atoms with Gasteiger partial charge < -0.3 is 15.5 Å². The molecular formula is C24H20N6O4. The van der Waals surface area contributed by atoms with Crippen molar-refractivity contribution in [2.24, 2.45) is 0 Å². The van der Waals surface area contributed by atoms with E-state index in [0.29, 0.717) is 28.0 Å². The number of anilines is 1. The number of carbonyl (C=O) groups is 2. The van der Waals surface area contributed by atoms with Gasteiger partial charge in [-0.3, -0.25) is 19.3 Å². The highest BCUT2D eigenvalue weighted by atomic mass is 16.4. The summed E-state index contributed by atoms with van der Waals surface area (Å²) in [5, 5.41) is 41.5. The van der Waals surface area contributed by atoms with E-state index in [1.54, 1.807) is 28.8 Å². The molecule has 4 rings (SSSR count). The predicted molar refractivity (Wildman–Crippen MR) is 123 cm³/mol. The molecule has 0 saturated carbocycles. The zero-order valence-corrected chi connectivity index (χ0v) is 17.8. The Labute approximate surface area is 194 Å². The van der Waals surface area contributed by atoms with E-state index in [2.05, 4.69) is 26.9 Å². The van der Waals surface area contributed by atoms with Crippen molar-refractivity contribution in [1.82, 2.24) is 19.9 Å². The molecule has 4 N–H and O–H groups in total. The Morgan fingerprint density at radius 3 is 2.65 bits per heavy atom. The molecule has 10 heteroatoms. The van der Waals surface area contributed by atoms with Gasteiger partial charge in [0.1, 0.15) is 18.4 Å². The van der Waals surface area contributed by atoms with E-state index in [1.807, 2.05) is 36.4 Å². The second-order valence-electron chi connectivity index (χ2n) is 7.44. The fourth-order valence-corrected chi connectivity index (χ4v) is 3.56. The van der Waals surface area contributed by atoms with Crippen molar-refractivity contribution in [3.63, 3.8) is 0 Å². The van der Waals surface area contributed by atoms with Crippen molar-refractivity contribution in [3.05, 3.63) is 83.8 Å². The van der Waals surface area contributed by atoms with Crippen LogP contribution in [0.15, 0.2) is 67.1 Å². The van der Waals surface area contributed by atoms with Crippen LogP contribution in [0.3, 0.4) is 0 Å². The van der Waals surface area contributed by atoms with Crippen LogP contribution in [0.1, 0.15) is 21.5 Å². The smallest absolute Gasteiger partial charge is 0.323 e. The third-order valence-electron chi connectivity index (χ3n) is 5.24. The maximum Gasteiger partial charge on any atom is 0.323 e. The number of aliphatic carboxylic acids is 1. The lowest BCUT2D eigenvalue weighted by Crippen LogP contribution is -2.39.